The quantitative estimate of drug-likeness (QED) is 0.0509. The van der Waals surface area contributed by atoms with E-state index < -0.39 is 10.4 Å². The first-order valence-electron chi connectivity index (χ1n) is 22.4. The summed E-state index contributed by atoms with van der Waals surface area (Å²) < 4.78 is 2.16. The number of imidazole rings is 2. The van der Waals surface area contributed by atoms with Gasteiger partial charge in [0.1, 0.15) is 10.4 Å². The lowest BCUT2D eigenvalue weighted by atomic mass is 9.76. The Labute approximate surface area is 397 Å². The highest BCUT2D eigenvalue weighted by atomic mass is 35.5. The zero-order chi connectivity index (χ0) is 47.0. The minimum Gasteiger partial charge on any atom is -0.369 e. The Morgan fingerprint density at radius 3 is 1.15 bits per heavy atom. The number of aliphatic imine (C=N–C) groups is 2. The van der Waals surface area contributed by atoms with E-state index in [0.717, 1.165) is 33.4 Å². The summed E-state index contributed by atoms with van der Waals surface area (Å²) in [6, 6.07) is 62.3. The van der Waals surface area contributed by atoms with Crippen molar-refractivity contribution in [2.75, 3.05) is 47.8 Å². The Kier molecular flexibility index (Phi) is 19.7. The second-order valence-electron chi connectivity index (χ2n) is 15.6. The Morgan fingerprint density at radius 2 is 0.848 bits per heavy atom. The van der Waals surface area contributed by atoms with Crippen molar-refractivity contribution in [2.24, 2.45) is 9.98 Å². The molecule has 0 bridgehead atoms. The Balaban J connectivity index is 0.000000189. The third kappa shape index (κ3) is 13.3. The van der Waals surface area contributed by atoms with Crippen LogP contribution in [0.3, 0.4) is 0 Å². The van der Waals surface area contributed by atoms with Crippen LogP contribution in [0.5, 0.6) is 0 Å². The van der Waals surface area contributed by atoms with Gasteiger partial charge in [-0.25, -0.2) is 20.0 Å². The maximum atomic E-state index is 7.12. The summed E-state index contributed by atoms with van der Waals surface area (Å²) in [5, 5.41) is 0. The van der Waals surface area contributed by atoms with Crippen molar-refractivity contribution in [3.63, 3.8) is 0 Å². The van der Waals surface area contributed by atoms with Crippen LogP contribution < -0.4 is 0 Å². The monoisotopic (exact) mass is 897 g/mol. The second kappa shape index (κ2) is 26.0. The number of halogens is 1. The molecule has 340 valence electrons. The second-order valence-corrected chi connectivity index (χ2v) is 16.2. The number of benzene rings is 6. The predicted molar refractivity (Wildman–Crippen MR) is 278 cm³/mol. The van der Waals surface area contributed by atoms with E-state index in [9.17, 15) is 0 Å². The molecular formula is C56H64ClN9. The molecule has 0 aliphatic rings. The molecule has 10 heteroatoms. The molecule has 2 aromatic heterocycles. The van der Waals surface area contributed by atoms with Gasteiger partial charge in [0, 0.05) is 53.0 Å². The lowest BCUT2D eigenvalue weighted by molar-refractivity contribution is 0.321. The van der Waals surface area contributed by atoms with Gasteiger partial charge in [0.05, 0.1) is 12.7 Å². The average Bonchev–Trinajstić information content (AvgIpc) is 4.09. The SMILES string of the molecule is CCN(CC)CC.CN(C)C=Nc1ncc[nH]1.CN(C)C=Nc1nccn1C(c1ccccc1)(c1ccccc1)c1ccccc1.ClC(c1ccccc1)(c1ccccc1)c1ccccc1. The first kappa shape index (κ1) is 49.9. The number of hydrogen-bond acceptors (Lipinski definition) is 5. The van der Waals surface area contributed by atoms with E-state index in [-0.39, 0.29) is 0 Å². The van der Waals surface area contributed by atoms with Gasteiger partial charge in [-0.05, 0) is 53.0 Å². The molecule has 9 nitrogen and oxygen atoms in total. The van der Waals surface area contributed by atoms with Crippen molar-refractivity contribution in [3.8, 4) is 0 Å². The van der Waals surface area contributed by atoms with Crippen LogP contribution in [0.1, 0.15) is 54.2 Å². The van der Waals surface area contributed by atoms with Gasteiger partial charge >= 0.3 is 0 Å². The third-order valence-electron chi connectivity index (χ3n) is 10.7. The average molecular weight is 899 g/mol. The van der Waals surface area contributed by atoms with Gasteiger partial charge in [0.15, 0.2) is 0 Å². The van der Waals surface area contributed by atoms with Crippen LogP contribution in [0.4, 0.5) is 11.9 Å². The van der Waals surface area contributed by atoms with Crippen LogP contribution in [0.15, 0.2) is 217 Å². The van der Waals surface area contributed by atoms with Crippen LogP contribution >= 0.6 is 11.6 Å². The van der Waals surface area contributed by atoms with Crippen molar-refractivity contribution in [1.29, 1.82) is 0 Å². The van der Waals surface area contributed by atoms with Crippen LogP contribution in [-0.4, -0.2) is 94.7 Å². The summed E-state index contributed by atoms with van der Waals surface area (Å²) >= 11 is 7.12. The highest BCUT2D eigenvalue weighted by Gasteiger charge is 2.39. The van der Waals surface area contributed by atoms with Crippen LogP contribution in [-0.2, 0) is 10.4 Å². The number of aromatic nitrogens is 4. The number of aromatic amines is 1. The molecule has 6 aromatic carbocycles. The fraction of sp³-hybridized carbons (Fsp3) is 0.214. The summed E-state index contributed by atoms with van der Waals surface area (Å²) in [6.07, 6.45) is 10.7. The van der Waals surface area contributed by atoms with E-state index in [1.165, 1.54) is 19.6 Å². The van der Waals surface area contributed by atoms with Crippen LogP contribution in [0.2, 0.25) is 0 Å². The Bertz CT molecular complexity index is 2340. The highest BCUT2D eigenvalue weighted by Crippen LogP contribution is 2.44. The smallest absolute Gasteiger partial charge is 0.232 e. The molecule has 0 aliphatic carbocycles. The molecule has 0 spiro atoms. The molecule has 0 radical (unpaired) electrons. The largest absolute Gasteiger partial charge is 0.369 e. The Hall–Kier alpha value is -7.07. The van der Waals surface area contributed by atoms with Gasteiger partial charge in [0.25, 0.3) is 0 Å². The van der Waals surface area contributed by atoms with Gasteiger partial charge in [-0.1, -0.05) is 203 Å². The molecule has 1 N–H and O–H groups in total. The zero-order valence-electron chi connectivity index (χ0n) is 39.4. The van der Waals surface area contributed by atoms with E-state index in [4.69, 9.17) is 11.6 Å². The third-order valence-corrected chi connectivity index (χ3v) is 11.4. The maximum Gasteiger partial charge on any atom is 0.232 e. The molecule has 66 heavy (non-hydrogen) atoms. The highest BCUT2D eigenvalue weighted by molar-refractivity contribution is 6.28. The standard InChI is InChI=1S/C25H24N4.C19H15Cl.C6H10N4.C6H15N/c1-28(2)20-27-24-26-18-19-29(24)25(21-12-6-3-7-13-21,22-14-8-4-9-15-22)23-16-10-5-11-17-23;20-19(16-10-4-1-5-11-16,17-12-6-2-7-13-17)18-14-8-3-9-15-18;1-10(2)5-9-6-7-3-4-8-6;1-4-7(5-2)6-3/h3-20H,1-2H3;1-15H;3-5H,1-2H3,(H,7,8);4-6H2,1-3H3. The molecule has 2 heterocycles. The fourth-order valence-electron chi connectivity index (χ4n) is 7.45. The summed E-state index contributed by atoms with van der Waals surface area (Å²) in [7, 11) is 7.73. The van der Waals surface area contributed by atoms with E-state index in [2.05, 4.69) is 164 Å². The number of H-pyrrole nitrogens is 1. The lowest BCUT2D eigenvalue weighted by Crippen LogP contribution is -2.37. The van der Waals surface area contributed by atoms with E-state index in [0.29, 0.717) is 11.9 Å². The Morgan fingerprint density at radius 1 is 0.500 bits per heavy atom. The number of nitrogens with zero attached hydrogens (tertiary/aromatic N) is 8. The summed E-state index contributed by atoms with van der Waals surface area (Å²) in [4.78, 5) is 25.5. The number of nitrogens with one attached hydrogen (secondary N) is 1. The van der Waals surface area contributed by atoms with Gasteiger partial charge in [0.2, 0.25) is 11.9 Å². The summed E-state index contributed by atoms with van der Waals surface area (Å²) in [5.74, 6) is 1.28. The van der Waals surface area contributed by atoms with Crippen LogP contribution in [0.25, 0.3) is 0 Å². The molecule has 0 saturated heterocycles. The molecule has 0 atom stereocenters. The molecule has 0 fully saturated rings. The minimum absolute atomic E-state index is 0.598. The van der Waals surface area contributed by atoms with E-state index in [1.807, 2.05) is 123 Å². The lowest BCUT2D eigenvalue weighted by Gasteiger charge is -2.37. The van der Waals surface area contributed by atoms with Crippen molar-refractivity contribution < 1.29 is 0 Å². The van der Waals surface area contributed by atoms with Crippen molar-refractivity contribution in [3.05, 3.63) is 240 Å². The normalized spacial score (nSPS) is 11.2. The van der Waals surface area contributed by atoms with Gasteiger partial charge in [-0.2, -0.15) is 0 Å². The fourth-order valence-corrected chi connectivity index (χ4v) is 7.83. The molecule has 0 unspecified atom stereocenters. The number of alkyl halides is 1. The maximum absolute atomic E-state index is 7.12. The minimum atomic E-state index is -0.649. The molecular weight excluding hydrogens is 834 g/mol. The van der Waals surface area contributed by atoms with Gasteiger partial charge in [-0.15, -0.1) is 11.6 Å². The van der Waals surface area contributed by atoms with E-state index in [1.54, 1.807) is 25.1 Å². The first-order chi connectivity index (χ1) is 32.2. The molecule has 0 amide bonds. The summed E-state index contributed by atoms with van der Waals surface area (Å²) in [6.45, 7) is 10.1. The molecule has 0 saturated carbocycles. The molecule has 0 aliphatic heterocycles. The van der Waals surface area contributed by atoms with Crippen molar-refractivity contribution in [1.82, 2.24) is 34.2 Å². The van der Waals surface area contributed by atoms with Crippen molar-refractivity contribution in [2.45, 2.75) is 31.2 Å². The first-order valence-corrected chi connectivity index (χ1v) is 22.7. The molecule has 8 rings (SSSR count). The molecule has 8 aromatic rings. The van der Waals surface area contributed by atoms with E-state index >= 15 is 0 Å². The van der Waals surface area contributed by atoms with Crippen molar-refractivity contribution >= 4 is 36.2 Å². The zero-order valence-corrected chi connectivity index (χ0v) is 40.1. The predicted octanol–water partition coefficient (Wildman–Crippen LogP) is 12.1. The number of rotatable bonds is 14. The van der Waals surface area contributed by atoms with Crippen LogP contribution in [0, 0.1) is 0 Å². The van der Waals surface area contributed by atoms with Gasteiger partial charge < -0.3 is 19.7 Å². The topological polar surface area (TPSA) is 80.9 Å². The number of hydrogen-bond donors (Lipinski definition) is 1. The summed E-state index contributed by atoms with van der Waals surface area (Å²) in [5.41, 5.74) is 6.10. The van der Waals surface area contributed by atoms with Gasteiger partial charge in [-0.3, -0.25) is 4.57 Å².